The number of aliphatic hydroxyl groups excluding tert-OH is 3. The number of ether oxygens (including phenoxy) is 3. The number of rotatable bonds is 20. The van der Waals surface area contributed by atoms with Gasteiger partial charge in [-0.15, -0.1) is 0 Å². The van der Waals surface area contributed by atoms with Crippen LogP contribution in [0, 0.1) is 0 Å². The molecule has 10 nitrogen and oxygen atoms in total. The minimum atomic E-state index is -1.16. The molecule has 10 heteroatoms. The molecule has 4 unspecified atom stereocenters. The molecule has 0 saturated carbocycles. The zero-order valence-corrected chi connectivity index (χ0v) is 28.8. The molecular weight excluding hydrogens is 612 g/mol. The molecule has 4 rings (SSSR count). The SMILES string of the molecule is CCCCCCCCCCCC(=O)N(CCc1ccccc1OC)C1C=C(C(=O)NCCO)C2c3cc(CO)cc(OC)c3OC2C1O. The number of benzene rings is 2. The van der Waals surface area contributed by atoms with Gasteiger partial charge in [0.15, 0.2) is 11.5 Å². The van der Waals surface area contributed by atoms with E-state index in [1.807, 2.05) is 24.3 Å². The number of carbonyl (C=O) groups is 2. The standard InChI is InChI=1S/C38H54N2O8/c1-4-5-6-7-8-9-10-11-12-17-33(43)40(20-18-27-15-13-14-16-31(27)46-2)30-24-29(38(45)39-19-21-41)34-28-22-26(25-42)23-32(47-3)36(28)48-37(34)35(30)44/h13-16,22-24,30,34-35,37,41-42,44H,4-12,17-21,25H2,1-3H3,(H,39,45). The second-order valence-corrected chi connectivity index (χ2v) is 12.7. The summed E-state index contributed by atoms with van der Waals surface area (Å²) < 4.78 is 17.5. The van der Waals surface area contributed by atoms with E-state index >= 15 is 0 Å². The first-order valence-electron chi connectivity index (χ1n) is 17.6. The van der Waals surface area contributed by atoms with Gasteiger partial charge in [0, 0.05) is 30.6 Å². The van der Waals surface area contributed by atoms with Crippen molar-refractivity contribution < 1.29 is 39.1 Å². The van der Waals surface area contributed by atoms with Crippen molar-refractivity contribution >= 4 is 11.8 Å². The molecule has 2 aromatic rings. The Balaban J connectivity index is 1.62. The van der Waals surface area contributed by atoms with Crippen molar-refractivity contribution in [1.29, 1.82) is 0 Å². The molecule has 0 saturated heterocycles. The summed E-state index contributed by atoms with van der Waals surface area (Å²) in [6.45, 7) is 2.07. The molecule has 2 aliphatic rings. The second-order valence-electron chi connectivity index (χ2n) is 12.7. The first-order valence-corrected chi connectivity index (χ1v) is 17.6. The summed E-state index contributed by atoms with van der Waals surface area (Å²) in [6.07, 6.45) is 10.6. The molecule has 4 N–H and O–H groups in total. The van der Waals surface area contributed by atoms with Crippen molar-refractivity contribution in [2.24, 2.45) is 0 Å². The highest BCUT2D eigenvalue weighted by atomic mass is 16.5. The van der Waals surface area contributed by atoms with Crippen molar-refractivity contribution in [3.05, 3.63) is 64.7 Å². The van der Waals surface area contributed by atoms with E-state index in [0.29, 0.717) is 53.3 Å². The van der Waals surface area contributed by atoms with Crippen molar-refractivity contribution in [3.8, 4) is 17.2 Å². The summed E-state index contributed by atoms with van der Waals surface area (Å²) in [5.74, 6) is 0.309. The Kier molecular flexibility index (Phi) is 14.6. The van der Waals surface area contributed by atoms with Crippen LogP contribution in [0.1, 0.15) is 93.7 Å². The van der Waals surface area contributed by atoms with Crippen LogP contribution in [0.25, 0.3) is 0 Å². The average molecular weight is 667 g/mol. The van der Waals surface area contributed by atoms with Gasteiger partial charge < -0.3 is 39.7 Å². The fourth-order valence-corrected chi connectivity index (χ4v) is 6.94. The van der Waals surface area contributed by atoms with Crippen LogP contribution in [-0.4, -0.2) is 84.2 Å². The molecule has 0 radical (unpaired) electrons. The van der Waals surface area contributed by atoms with Crippen LogP contribution in [0.3, 0.4) is 0 Å². The largest absolute Gasteiger partial charge is 0.496 e. The maximum absolute atomic E-state index is 14.0. The van der Waals surface area contributed by atoms with E-state index in [4.69, 9.17) is 14.2 Å². The van der Waals surface area contributed by atoms with Gasteiger partial charge in [-0.25, -0.2) is 0 Å². The fourth-order valence-electron chi connectivity index (χ4n) is 6.94. The first-order chi connectivity index (χ1) is 23.4. The molecule has 4 atom stereocenters. The molecule has 1 aliphatic carbocycles. The number of nitrogens with zero attached hydrogens (tertiary/aromatic N) is 1. The van der Waals surface area contributed by atoms with Gasteiger partial charge in [0.25, 0.3) is 0 Å². The van der Waals surface area contributed by atoms with Crippen molar-refractivity contribution in [1.82, 2.24) is 10.2 Å². The van der Waals surface area contributed by atoms with Crippen molar-refractivity contribution in [2.75, 3.05) is 33.9 Å². The van der Waals surface area contributed by atoms with Crippen LogP contribution in [0.5, 0.6) is 17.2 Å². The number of methoxy groups -OCH3 is 2. The number of amides is 2. The number of carbonyl (C=O) groups excluding carboxylic acids is 2. The fraction of sp³-hybridized carbons (Fsp3) is 0.579. The van der Waals surface area contributed by atoms with Gasteiger partial charge in [-0.05, 0) is 48.2 Å². The van der Waals surface area contributed by atoms with Gasteiger partial charge in [0.1, 0.15) is 18.0 Å². The molecule has 0 spiro atoms. The third-order valence-electron chi connectivity index (χ3n) is 9.48. The minimum Gasteiger partial charge on any atom is -0.496 e. The van der Waals surface area contributed by atoms with E-state index in [0.717, 1.165) is 31.2 Å². The van der Waals surface area contributed by atoms with Crippen LogP contribution in [0.2, 0.25) is 0 Å². The maximum Gasteiger partial charge on any atom is 0.247 e. The zero-order valence-electron chi connectivity index (χ0n) is 28.8. The quantitative estimate of drug-likeness (QED) is 0.148. The smallest absolute Gasteiger partial charge is 0.247 e. The van der Waals surface area contributed by atoms with Gasteiger partial charge >= 0.3 is 0 Å². The first kappa shape index (κ1) is 37.2. The van der Waals surface area contributed by atoms with Crippen LogP contribution < -0.4 is 19.5 Å². The number of fused-ring (bicyclic) bond motifs is 3. The van der Waals surface area contributed by atoms with Gasteiger partial charge in [-0.1, -0.05) is 76.5 Å². The second kappa shape index (κ2) is 18.8. The number of unbranched alkanes of at least 4 members (excludes halogenated alkanes) is 8. The van der Waals surface area contributed by atoms with Crippen molar-refractivity contribution in [3.63, 3.8) is 0 Å². The Hall–Kier alpha value is -3.60. The Labute approximate surface area is 285 Å². The minimum absolute atomic E-state index is 0.0452. The van der Waals surface area contributed by atoms with Gasteiger partial charge in [0.2, 0.25) is 11.8 Å². The van der Waals surface area contributed by atoms with E-state index in [1.54, 1.807) is 30.2 Å². The van der Waals surface area contributed by atoms with Crippen LogP contribution in [0.4, 0.5) is 0 Å². The summed E-state index contributed by atoms with van der Waals surface area (Å²) in [5.41, 5.74) is 2.46. The predicted molar refractivity (Wildman–Crippen MR) is 184 cm³/mol. The van der Waals surface area contributed by atoms with Crippen LogP contribution >= 0.6 is 0 Å². The Morgan fingerprint density at radius 1 is 0.938 bits per heavy atom. The summed E-state index contributed by atoms with van der Waals surface area (Å²) in [5, 5.41) is 34.1. The van der Waals surface area contributed by atoms with E-state index in [2.05, 4.69) is 12.2 Å². The van der Waals surface area contributed by atoms with E-state index in [9.17, 15) is 24.9 Å². The summed E-state index contributed by atoms with van der Waals surface area (Å²) >= 11 is 0. The average Bonchev–Trinajstić information content (AvgIpc) is 3.50. The van der Waals surface area contributed by atoms with Crippen LogP contribution in [-0.2, 0) is 22.6 Å². The molecule has 2 amide bonds. The highest BCUT2D eigenvalue weighted by molar-refractivity contribution is 5.96. The number of nitrogens with one attached hydrogen (secondary N) is 1. The third-order valence-corrected chi connectivity index (χ3v) is 9.48. The van der Waals surface area contributed by atoms with Crippen molar-refractivity contribution in [2.45, 2.75) is 108 Å². The van der Waals surface area contributed by atoms with E-state index in [-0.39, 0.29) is 25.7 Å². The van der Waals surface area contributed by atoms with Gasteiger partial charge in [-0.2, -0.15) is 0 Å². The molecular formula is C38H54N2O8. The third kappa shape index (κ3) is 9.09. The van der Waals surface area contributed by atoms with Crippen LogP contribution in [0.15, 0.2) is 48.0 Å². The topological polar surface area (TPSA) is 138 Å². The lowest BCUT2D eigenvalue weighted by molar-refractivity contribution is -0.137. The lowest BCUT2D eigenvalue weighted by atomic mass is 9.77. The zero-order chi connectivity index (χ0) is 34.5. The van der Waals surface area contributed by atoms with Gasteiger partial charge in [-0.3, -0.25) is 9.59 Å². The Bertz CT molecular complexity index is 1380. The Morgan fingerprint density at radius 2 is 1.62 bits per heavy atom. The molecule has 0 fully saturated rings. The number of para-hydroxylation sites is 1. The monoisotopic (exact) mass is 666 g/mol. The normalized spacial score (nSPS) is 19.5. The van der Waals surface area contributed by atoms with Gasteiger partial charge in [0.05, 0.1) is 39.4 Å². The number of hydrogen-bond donors (Lipinski definition) is 4. The molecule has 0 bridgehead atoms. The molecule has 1 heterocycles. The lowest BCUT2D eigenvalue weighted by Crippen LogP contribution is -2.56. The number of aliphatic hydroxyl groups is 3. The molecule has 264 valence electrons. The molecule has 2 aromatic carbocycles. The summed E-state index contributed by atoms with van der Waals surface area (Å²) in [6, 6.07) is 10.2. The molecule has 0 aromatic heterocycles. The lowest BCUT2D eigenvalue weighted by Gasteiger charge is -2.41. The Morgan fingerprint density at radius 3 is 2.29 bits per heavy atom. The highest BCUT2D eigenvalue weighted by Gasteiger charge is 2.51. The molecule has 1 aliphatic heterocycles. The number of hydrogen-bond acceptors (Lipinski definition) is 8. The predicted octanol–water partition coefficient (Wildman–Crippen LogP) is 4.81. The summed E-state index contributed by atoms with van der Waals surface area (Å²) in [7, 11) is 3.11. The van der Waals surface area contributed by atoms with E-state index < -0.39 is 30.1 Å². The maximum atomic E-state index is 14.0. The molecule has 48 heavy (non-hydrogen) atoms. The highest BCUT2D eigenvalue weighted by Crippen LogP contribution is 2.51. The summed E-state index contributed by atoms with van der Waals surface area (Å²) in [4.78, 5) is 29.4. The van der Waals surface area contributed by atoms with E-state index in [1.165, 1.54) is 39.2 Å².